The number of phenolic OH excluding ortho intramolecular Hbond substituents is 1. The molecule has 0 heterocycles. The number of aldehydes is 1. The van der Waals surface area contributed by atoms with Crippen LogP contribution in [0.3, 0.4) is 0 Å². The maximum atomic E-state index is 13.1. The Bertz CT molecular complexity index is 2600. The number of aromatic carboxylic acids is 1. The Labute approximate surface area is 386 Å². The second-order valence-electron chi connectivity index (χ2n) is 18.7. The van der Waals surface area contributed by atoms with Crippen LogP contribution in [0.25, 0.3) is 37.9 Å². The highest BCUT2D eigenvalue weighted by atomic mass is 16.5. The van der Waals surface area contributed by atoms with Crippen molar-refractivity contribution in [2.45, 2.75) is 154 Å². The summed E-state index contributed by atoms with van der Waals surface area (Å²) in [5.74, 6) is -0.772. The lowest BCUT2D eigenvalue weighted by Crippen LogP contribution is -2.33. The Kier molecular flexibility index (Phi) is 16.8. The number of rotatable bonds is 26. The summed E-state index contributed by atoms with van der Waals surface area (Å²) >= 11 is 0. The van der Waals surface area contributed by atoms with Gasteiger partial charge in [0, 0.05) is 21.8 Å². The highest BCUT2D eigenvalue weighted by molar-refractivity contribution is 6.14. The minimum atomic E-state index is -1.26. The Hall–Kier alpha value is -5.62. The van der Waals surface area contributed by atoms with Crippen molar-refractivity contribution in [2.24, 2.45) is 0 Å². The average Bonchev–Trinajstić information content (AvgIpc) is 3.32. The van der Waals surface area contributed by atoms with Crippen LogP contribution in [0.5, 0.6) is 17.2 Å². The van der Waals surface area contributed by atoms with E-state index in [2.05, 4.69) is 6.92 Å². The third kappa shape index (κ3) is 11.1. The molecule has 6 aromatic carbocycles. The van der Waals surface area contributed by atoms with Gasteiger partial charge in [0.1, 0.15) is 29.1 Å². The molecule has 7 rings (SSSR count). The molecule has 0 saturated carbocycles. The number of benzene rings is 6. The summed E-state index contributed by atoms with van der Waals surface area (Å²) in [5, 5.41) is 38.2. The SMILES string of the molecule is CCCCCCCCCCCCCCCCCCCCCCOc1ccc2c(O)c(C(=O)O)cc(C3(c4cc(C)c(O)c5c4ccc4ccccc45)C=C(C=O)c4ccccc4C3)c2c1. The predicted octanol–water partition coefficient (Wildman–Crippen LogP) is 15.9. The van der Waals surface area contributed by atoms with Crippen LogP contribution in [0.1, 0.15) is 174 Å². The highest BCUT2D eigenvalue weighted by Gasteiger charge is 2.41. The van der Waals surface area contributed by atoms with Crippen molar-refractivity contribution in [2.75, 3.05) is 6.61 Å². The van der Waals surface area contributed by atoms with E-state index in [0.717, 1.165) is 52.0 Å². The standard InChI is InChI=1S/C59H70O6/c1-3-4-5-6-7-8-9-10-11-12-13-14-15-16-17-18-19-20-21-26-35-65-46-32-34-49-51(37-46)54(38-52(57(49)62)58(63)64)59(39-44-28-23-24-29-47(44)45(40-59)41-60)53-36-42(2)56(61)55-48-30-25-22-27-43(48)31-33-50(53)55/h22-25,27-34,36-38,40-41,61-62H,3-21,26,35,39H2,1-2H3,(H,63,64). The molecule has 1 aliphatic carbocycles. The first-order valence-electron chi connectivity index (χ1n) is 24.8. The maximum absolute atomic E-state index is 13.1. The minimum absolute atomic E-state index is 0.175. The van der Waals surface area contributed by atoms with Crippen molar-refractivity contribution in [1.29, 1.82) is 0 Å². The van der Waals surface area contributed by atoms with Gasteiger partial charge in [0.05, 0.1) is 6.61 Å². The van der Waals surface area contributed by atoms with Crippen molar-refractivity contribution >= 4 is 50.1 Å². The van der Waals surface area contributed by atoms with Crippen LogP contribution in [0, 0.1) is 6.92 Å². The number of aromatic hydroxyl groups is 2. The van der Waals surface area contributed by atoms with Gasteiger partial charge in [-0.3, -0.25) is 4.79 Å². The van der Waals surface area contributed by atoms with Gasteiger partial charge in [0.15, 0.2) is 0 Å². The van der Waals surface area contributed by atoms with Gasteiger partial charge in [0.2, 0.25) is 0 Å². The number of ether oxygens (including phenoxy) is 1. The fourth-order valence-electron chi connectivity index (χ4n) is 10.5. The monoisotopic (exact) mass is 875 g/mol. The summed E-state index contributed by atoms with van der Waals surface area (Å²) in [7, 11) is 0. The van der Waals surface area contributed by atoms with Crippen LogP contribution in [0.15, 0.2) is 97.1 Å². The van der Waals surface area contributed by atoms with Gasteiger partial charge < -0.3 is 20.1 Å². The first-order valence-corrected chi connectivity index (χ1v) is 24.8. The number of phenols is 2. The summed E-state index contributed by atoms with van der Waals surface area (Å²) in [5.41, 5.74) is 3.01. The Morgan fingerprint density at radius 2 is 1.18 bits per heavy atom. The molecule has 1 atom stereocenters. The first-order chi connectivity index (χ1) is 31.8. The van der Waals surface area contributed by atoms with E-state index in [4.69, 9.17) is 4.74 Å². The average molecular weight is 875 g/mol. The molecule has 0 amide bonds. The third-order valence-corrected chi connectivity index (χ3v) is 14.1. The Morgan fingerprint density at radius 3 is 1.82 bits per heavy atom. The molecule has 0 aliphatic heterocycles. The fraction of sp³-hybridized carbons (Fsp3) is 0.424. The molecule has 0 fully saturated rings. The Balaban J connectivity index is 1.05. The van der Waals surface area contributed by atoms with Crippen LogP contribution < -0.4 is 4.74 Å². The van der Waals surface area contributed by atoms with Crippen molar-refractivity contribution in [3.63, 3.8) is 0 Å². The van der Waals surface area contributed by atoms with Crippen LogP contribution in [-0.4, -0.2) is 34.2 Å². The van der Waals surface area contributed by atoms with Crippen molar-refractivity contribution < 1.29 is 29.6 Å². The van der Waals surface area contributed by atoms with Gasteiger partial charge >= 0.3 is 5.97 Å². The van der Waals surface area contributed by atoms with Gasteiger partial charge in [-0.05, 0) is 93.4 Å². The largest absolute Gasteiger partial charge is 0.507 e. The van der Waals surface area contributed by atoms with Gasteiger partial charge in [0.25, 0.3) is 0 Å². The van der Waals surface area contributed by atoms with E-state index >= 15 is 0 Å². The van der Waals surface area contributed by atoms with E-state index in [9.17, 15) is 24.9 Å². The molecule has 0 aromatic heterocycles. The van der Waals surface area contributed by atoms with Gasteiger partial charge in [-0.15, -0.1) is 0 Å². The zero-order chi connectivity index (χ0) is 45.6. The first kappa shape index (κ1) is 47.3. The predicted molar refractivity (Wildman–Crippen MR) is 269 cm³/mol. The lowest BCUT2D eigenvalue weighted by atomic mass is 9.63. The minimum Gasteiger partial charge on any atom is -0.507 e. The molecular weight excluding hydrogens is 805 g/mol. The second kappa shape index (κ2) is 23.0. The van der Waals surface area contributed by atoms with E-state index in [0.29, 0.717) is 51.6 Å². The smallest absolute Gasteiger partial charge is 0.339 e. The number of carbonyl (C=O) groups excluding carboxylic acids is 1. The lowest BCUT2D eigenvalue weighted by Gasteiger charge is -2.39. The summed E-state index contributed by atoms with van der Waals surface area (Å²) in [6, 6.07) is 28.8. The highest BCUT2D eigenvalue weighted by Crippen LogP contribution is 2.52. The van der Waals surface area contributed by atoms with Crippen molar-refractivity contribution in [3.05, 3.63) is 130 Å². The summed E-state index contributed by atoms with van der Waals surface area (Å²) in [6.07, 6.45) is 29.8. The number of carboxylic acids is 1. The number of hydrogen-bond acceptors (Lipinski definition) is 5. The van der Waals surface area contributed by atoms with Gasteiger partial charge in [-0.1, -0.05) is 202 Å². The normalized spacial score (nSPS) is 14.8. The molecule has 0 radical (unpaired) electrons. The molecule has 65 heavy (non-hydrogen) atoms. The number of unbranched alkanes of at least 4 members (excludes halogenated alkanes) is 19. The van der Waals surface area contributed by atoms with Gasteiger partial charge in [-0.25, -0.2) is 4.79 Å². The molecule has 6 aromatic rings. The summed E-state index contributed by atoms with van der Waals surface area (Å²) in [6.45, 7) is 4.70. The van der Waals surface area contributed by atoms with E-state index < -0.39 is 11.4 Å². The topological polar surface area (TPSA) is 104 Å². The summed E-state index contributed by atoms with van der Waals surface area (Å²) in [4.78, 5) is 26.0. The molecule has 6 heteroatoms. The van der Waals surface area contributed by atoms with Crippen LogP contribution in [-0.2, 0) is 16.6 Å². The van der Waals surface area contributed by atoms with E-state index in [-0.39, 0.29) is 17.1 Å². The van der Waals surface area contributed by atoms with Crippen LogP contribution in [0.2, 0.25) is 0 Å². The number of carbonyl (C=O) groups is 2. The number of allylic oxidation sites excluding steroid dienone is 2. The van der Waals surface area contributed by atoms with Crippen molar-refractivity contribution in [3.8, 4) is 17.2 Å². The van der Waals surface area contributed by atoms with E-state index in [1.807, 2.05) is 85.8 Å². The quantitative estimate of drug-likeness (QED) is 0.0285. The number of carboxylic acid groups (broad SMARTS) is 1. The Morgan fingerprint density at radius 1 is 0.615 bits per heavy atom. The molecule has 1 unspecified atom stereocenters. The molecular formula is C59H70O6. The third-order valence-electron chi connectivity index (χ3n) is 14.1. The molecule has 342 valence electrons. The van der Waals surface area contributed by atoms with E-state index in [1.54, 1.807) is 18.2 Å². The van der Waals surface area contributed by atoms with Crippen molar-refractivity contribution in [1.82, 2.24) is 0 Å². The number of fused-ring (bicyclic) bond motifs is 5. The maximum Gasteiger partial charge on any atom is 0.339 e. The van der Waals surface area contributed by atoms with Crippen LogP contribution >= 0.6 is 0 Å². The lowest BCUT2D eigenvalue weighted by molar-refractivity contribution is -0.103. The summed E-state index contributed by atoms with van der Waals surface area (Å²) < 4.78 is 6.40. The van der Waals surface area contributed by atoms with Crippen LogP contribution in [0.4, 0.5) is 0 Å². The number of hydrogen-bond donors (Lipinski definition) is 3. The van der Waals surface area contributed by atoms with E-state index in [1.165, 1.54) is 116 Å². The molecule has 0 spiro atoms. The van der Waals surface area contributed by atoms with Gasteiger partial charge in [-0.2, -0.15) is 0 Å². The molecule has 6 nitrogen and oxygen atoms in total. The molecule has 0 bridgehead atoms. The molecule has 0 saturated heterocycles. The second-order valence-corrected chi connectivity index (χ2v) is 18.7. The molecule has 3 N–H and O–H groups in total. The molecule has 1 aliphatic rings. The number of aryl methyl sites for hydroxylation is 1. The zero-order valence-electron chi connectivity index (χ0n) is 38.9. The fourth-order valence-corrected chi connectivity index (χ4v) is 10.5. The zero-order valence-corrected chi connectivity index (χ0v) is 38.9.